The minimum atomic E-state index is 0.976. The highest BCUT2D eigenvalue weighted by Crippen LogP contribution is 2.31. The van der Waals surface area contributed by atoms with Crippen molar-refractivity contribution >= 4 is 21.6 Å². The second-order valence-corrected chi connectivity index (χ2v) is 7.45. The number of aromatic nitrogens is 2. The van der Waals surface area contributed by atoms with Crippen molar-refractivity contribution in [1.29, 1.82) is 0 Å². The Morgan fingerprint density at radius 2 is 1.92 bits per heavy atom. The molecule has 0 N–H and O–H groups in total. The Hall–Kier alpha value is -1.82. The molecule has 1 aliphatic rings. The zero-order valence-corrected chi connectivity index (χ0v) is 14.7. The summed E-state index contributed by atoms with van der Waals surface area (Å²) in [6, 6.07) is 11.1. The number of fused-ring (bicyclic) bond motifs is 1. The second-order valence-electron chi connectivity index (χ2n) is 6.40. The lowest BCUT2D eigenvalue weighted by Crippen LogP contribution is -2.45. The highest BCUT2D eigenvalue weighted by Gasteiger charge is 2.13. The molecule has 4 nitrogen and oxygen atoms in total. The van der Waals surface area contributed by atoms with Gasteiger partial charge in [0.05, 0.1) is 10.2 Å². The fourth-order valence-corrected chi connectivity index (χ4v) is 4.03. The predicted molar refractivity (Wildman–Crippen MR) is 99.3 cm³/mol. The number of benzene rings is 1. The van der Waals surface area contributed by atoms with Gasteiger partial charge in [-0.3, -0.25) is 0 Å². The second kappa shape index (κ2) is 6.97. The van der Waals surface area contributed by atoms with E-state index in [0.717, 1.165) is 23.2 Å². The highest BCUT2D eigenvalue weighted by atomic mass is 32.1. The number of piperazine rings is 1. The first-order valence-corrected chi connectivity index (χ1v) is 9.22. The normalized spacial score (nSPS) is 16.7. The first kappa shape index (κ1) is 15.7. The van der Waals surface area contributed by atoms with E-state index in [1.165, 1.54) is 42.2 Å². The molecule has 0 saturated carbocycles. The van der Waals surface area contributed by atoms with Gasteiger partial charge in [0.15, 0.2) is 0 Å². The summed E-state index contributed by atoms with van der Waals surface area (Å²) in [7, 11) is 2.20. The topological polar surface area (TPSA) is 32.3 Å². The molecule has 123 valence electrons. The molecule has 1 aromatic carbocycles. The summed E-state index contributed by atoms with van der Waals surface area (Å²) in [5.74, 6) is 0. The maximum atomic E-state index is 4.29. The summed E-state index contributed by atoms with van der Waals surface area (Å²) < 4.78 is 1.02. The molecule has 0 spiro atoms. The summed E-state index contributed by atoms with van der Waals surface area (Å²) >= 11 is 1.70. The predicted octanol–water partition coefficient (Wildman–Crippen LogP) is 2.95. The van der Waals surface area contributed by atoms with E-state index in [-0.39, 0.29) is 0 Å². The summed E-state index contributed by atoms with van der Waals surface area (Å²) in [5, 5.41) is 0. The standard InChI is InChI=1S/C19H21N4S/c1-22-8-10-23(11-9-22)7-6-15-2-4-16(5-3-15)18-12-17-19(24-18)13-20-14-21-17/h2-5,12,14H,6-11H2,1H3. The van der Waals surface area contributed by atoms with Crippen LogP contribution in [0.4, 0.5) is 0 Å². The molecular formula is C19H21N4S. The van der Waals surface area contributed by atoms with Crippen molar-refractivity contribution < 1.29 is 0 Å². The fourth-order valence-electron chi connectivity index (χ4n) is 3.07. The monoisotopic (exact) mass is 337 g/mol. The molecule has 0 unspecified atom stereocenters. The van der Waals surface area contributed by atoms with Crippen LogP contribution in [0.25, 0.3) is 20.7 Å². The van der Waals surface area contributed by atoms with Crippen molar-refractivity contribution in [2.45, 2.75) is 6.42 Å². The maximum absolute atomic E-state index is 4.29. The van der Waals surface area contributed by atoms with Crippen molar-refractivity contribution in [3.8, 4) is 10.4 Å². The molecule has 0 aliphatic carbocycles. The van der Waals surface area contributed by atoms with Crippen LogP contribution in [0.1, 0.15) is 5.56 Å². The van der Waals surface area contributed by atoms with Gasteiger partial charge in [-0.25, -0.2) is 9.97 Å². The molecule has 3 aromatic rings. The fraction of sp³-hybridized carbons (Fsp3) is 0.368. The number of rotatable bonds is 4. The van der Waals surface area contributed by atoms with Crippen LogP contribution in [0.3, 0.4) is 0 Å². The van der Waals surface area contributed by atoms with Crippen LogP contribution in [-0.4, -0.2) is 59.5 Å². The molecule has 4 rings (SSSR count). The van der Waals surface area contributed by atoms with Crippen LogP contribution in [0.15, 0.2) is 36.7 Å². The molecule has 0 amide bonds. The van der Waals surface area contributed by atoms with E-state index in [9.17, 15) is 0 Å². The highest BCUT2D eigenvalue weighted by molar-refractivity contribution is 7.22. The first-order chi connectivity index (χ1) is 11.8. The van der Waals surface area contributed by atoms with E-state index in [1.54, 1.807) is 17.7 Å². The van der Waals surface area contributed by atoms with Gasteiger partial charge in [-0.15, -0.1) is 11.3 Å². The van der Waals surface area contributed by atoms with E-state index in [4.69, 9.17) is 0 Å². The molecule has 5 heteroatoms. The third kappa shape index (κ3) is 3.48. The summed E-state index contributed by atoms with van der Waals surface area (Å²) in [6.45, 7) is 5.90. The Morgan fingerprint density at radius 1 is 1.12 bits per heavy atom. The number of nitrogens with zero attached hydrogens (tertiary/aromatic N) is 4. The molecule has 1 aliphatic heterocycles. The average Bonchev–Trinajstić information content (AvgIpc) is 3.06. The van der Waals surface area contributed by atoms with Crippen molar-refractivity contribution in [3.05, 3.63) is 48.4 Å². The Bertz CT molecular complexity index is 771. The van der Waals surface area contributed by atoms with Gasteiger partial charge >= 0.3 is 0 Å². The van der Waals surface area contributed by atoms with Gasteiger partial charge in [0.2, 0.25) is 0 Å². The summed E-state index contributed by atoms with van der Waals surface area (Å²) in [5.41, 5.74) is 3.63. The van der Waals surface area contributed by atoms with Crippen molar-refractivity contribution in [3.63, 3.8) is 0 Å². The molecule has 1 radical (unpaired) electrons. The van der Waals surface area contributed by atoms with Crippen LogP contribution in [0.2, 0.25) is 0 Å². The number of thiophene rings is 1. The Labute approximate surface area is 146 Å². The van der Waals surface area contributed by atoms with Gasteiger partial charge in [-0.2, -0.15) is 0 Å². The smallest absolute Gasteiger partial charge is 0.116 e. The van der Waals surface area contributed by atoms with E-state index < -0.39 is 0 Å². The lowest BCUT2D eigenvalue weighted by Gasteiger charge is -2.32. The molecule has 0 bridgehead atoms. The molecule has 0 atom stereocenters. The Kier molecular flexibility index (Phi) is 4.56. The van der Waals surface area contributed by atoms with Gasteiger partial charge in [-0.05, 0) is 30.7 Å². The van der Waals surface area contributed by atoms with E-state index in [2.05, 4.69) is 63.3 Å². The van der Waals surface area contributed by atoms with Crippen molar-refractivity contribution in [2.24, 2.45) is 0 Å². The van der Waals surface area contributed by atoms with E-state index in [1.807, 2.05) is 0 Å². The quantitative estimate of drug-likeness (QED) is 0.733. The van der Waals surface area contributed by atoms with Crippen LogP contribution in [-0.2, 0) is 6.42 Å². The van der Waals surface area contributed by atoms with Gasteiger partial charge in [0.1, 0.15) is 12.5 Å². The molecule has 3 heterocycles. The van der Waals surface area contributed by atoms with Gasteiger partial charge in [-0.1, -0.05) is 24.3 Å². The van der Waals surface area contributed by atoms with Gasteiger partial charge < -0.3 is 9.80 Å². The zero-order chi connectivity index (χ0) is 16.4. The average molecular weight is 337 g/mol. The zero-order valence-electron chi connectivity index (χ0n) is 13.9. The first-order valence-electron chi connectivity index (χ1n) is 8.40. The molecule has 1 fully saturated rings. The third-order valence-electron chi connectivity index (χ3n) is 4.68. The number of likely N-dealkylation sites (N-methyl/N-ethyl adjacent to an activating group) is 1. The van der Waals surface area contributed by atoms with Crippen LogP contribution in [0, 0.1) is 6.20 Å². The molecular weight excluding hydrogens is 316 g/mol. The van der Waals surface area contributed by atoms with Crippen molar-refractivity contribution in [1.82, 2.24) is 19.8 Å². The maximum Gasteiger partial charge on any atom is 0.116 e. The third-order valence-corrected chi connectivity index (χ3v) is 5.76. The van der Waals surface area contributed by atoms with E-state index in [0.29, 0.717) is 0 Å². The Morgan fingerprint density at radius 3 is 2.67 bits per heavy atom. The van der Waals surface area contributed by atoms with Crippen LogP contribution >= 0.6 is 11.3 Å². The van der Waals surface area contributed by atoms with Crippen LogP contribution in [0.5, 0.6) is 0 Å². The SMILES string of the molecule is CN1CCN(CCc2ccc(-c3cc4ncn[c]c4s3)cc2)CC1. The molecule has 1 saturated heterocycles. The summed E-state index contributed by atoms with van der Waals surface area (Å²) in [4.78, 5) is 14.5. The van der Waals surface area contributed by atoms with Crippen LogP contribution < -0.4 is 0 Å². The Balaban J connectivity index is 1.41. The minimum Gasteiger partial charge on any atom is -0.304 e. The lowest BCUT2D eigenvalue weighted by molar-refractivity contribution is 0.155. The van der Waals surface area contributed by atoms with E-state index >= 15 is 0 Å². The number of hydrogen-bond donors (Lipinski definition) is 0. The minimum absolute atomic E-state index is 0.976. The van der Waals surface area contributed by atoms with Gasteiger partial charge in [0.25, 0.3) is 0 Å². The molecule has 24 heavy (non-hydrogen) atoms. The largest absolute Gasteiger partial charge is 0.304 e. The number of hydrogen-bond acceptors (Lipinski definition) is 5. The lowest BCUT2D eigenvalue weighted by atomic mass is 10.1. The molecule has 2 aromatic heterocycles. The summed E-state index contributed by atoms with van der Waals surface area (Å²) in [6.07, 6.45) is 5.69. The van der Waals surface area contributed by atoms with Gasteiger partial charge in [0, 0.05) is 37.6 Å². The van der Waals surface area contributed by atoms with Crippen molar-refractivity contribution in [2.75, 3.05) is 39.8 Å².